The van der Waals surface area contributed by atoms with Crippen LogP contribution in [0.25, 0.3) is 32.6 Å². The molecule has 0 aliphatic carbocycles. The number of hydrogen-bond donors (Lipinski definition) is 0. The van der Waals surface area contributed by atoms with Gasteiger partial charge in [0.1, 0.15) is 11.5 Å². The molecule has 29 heavy (non-hydrogen) atoms. The van der Waals surface area contributed by atoms with Gasteiger partial charge in [0.15, 0.2) is 6.61 Å². The van der Waals surface area contributed by atoms with Crippen LogP contribution in [0.1, 0.15) is 5.56 Å². The quantitative estimate of drug-likeness (QED) is 0.479. The van der Waals surface area contributed by atoms with Crippen LogP contribution in [0.2, 0.25) is 0 Å². The minimum absolute atomic E-state index is 0.0510. The Bertz CT molecular complexity index is 1280. The summed E-state index contributed by atoms with van der Waals surface area (Å²) in [6.07, 6.45) is 0. The third-order valence-corrected chi connectivity index (χ3v) is 5.90. The molecule has 1 aliphatic heterocycles. The Morgan fingerprint density at radius 1 is 1.14 bits per heavy atom. The summed E-state index contributed by atoms with van der Waals surface area (Å²) in [5.41, 5.74) is 7.15. The number of aromatic nitrogens is 2. The number of pyridine rings is 1. The van der Waals surface area contributed by atoms with E-state index in [-0.39, 0.29) is 18.3 Å². The van der Waals surface area contributed by atoms with Crippen LogP contribution >= 0.6 is 11.3 Å². The van der Waals surface area contributed by atoms with Crippen LogP contribution in [0.3, 0.4) is 0 Å². The topological polar surface area (TPSA) is 55.3 Å². The van der Waals surface area contributed by atoms with Gasteiger partial charge >= 0.3 is 0 Å². The van der Waals surface area contributed by atoms with Crippen molar-refractivity contribution in [3.05, 3.63) is 59.4 Å². The zero-order chi connectivity index (χ0) is 20.1. The first-order chi connectivity index (χ1) is 14.0. The first kappa shape index (κ1) is 17.8. The molecule has 0 N–H and O–H groups in total. The van der Waals surface area contributed by atoms with Crippen molar-refractivity contribution in [3.63, 3.8) is 0 Å². The highest BCUT2D eigenvalue weighted by Gasteiger charge is 2.26. The van der Waals surface area contributed by atoms with Crippen LogP contribution in [-0.2, 0) is 4.79 Å². The molecule has 144 valence electrons. The summed E-state index contributed by atoms with van der Waals surface area (Å²) in [5.74, 6) is 0.00107. The normalized spacial score (nSPS) is 13.5. The van der Waals surface area contributed by atoms with Crippen molar-refractivity contribution in [2.24, 2.45) is 0 Å². The number of likely N-dealkylation sites (N-methyl/N-ethyl adjacent to an activating group) is 1. The SMILES string of the molecule is Cc1cc(-c2nc3c(cc2-c2ccc4ncsc4c2)N(C)C(=O)CO3)ccc1F. The Labute approximate surface area is 170 Å². The van der Waals surface area contributed by atoms with Crippen molar-refractivity contribution in [1.82, 2.24) is 9.97 Å². The van der Waals surface area contributed by atoms with E-state index in [1.807, 2.05) is 23.7 Å². The van der Waals surface area contributed by atoms with E-state index in [0.29, 0.717) is 22.8 Å². The Morgan fingerprint density at radius 2 is 1.97 bits per heavy atom. The van der Waals surface area contributed by atoms with Gasteiger partial charge in [0.05, 0.1) is 21.4 Å². The van der Waals surface area contributed by atoms with Crippen molar-refractivity contribution in [3.8, 4) is 28.3 Å². The second-order valence-corrected chi connectivity index (χ2v) is 7.84. The largest absolute Gasteiger partial charge is 0.466 e. The summed E-state index contributed by atoms with van der Waals surface area (Å²) in [5, 5.41) is 0. The van der Waals surface area contributed by atoms with Crippen molar-refractivity contribution in [1.29, 1.82) is 0 Å². The number of fused-ring (bicyclic) bond motifs is 2. The zero-order valence-electron chi connectivity index (χ0n) is 15.8. The number of amides is 1. The second kappa shape index (κ2) is 6.63. The molecule has 0 bridgehead atoms. The fourth-order valence-corrected chi connectivity index (χ4v) is 4.16. The lowest BCUT2D eigenvalue weighted by Gasteiger charge is -2.26. The maximum atomic E-state index is 13.8. The molecule has 2 aromatic carbocycles. The van der Waals surface area contributed by atoms with Crippen LogP contribution in [0.5, 0.6) is 5.88 Å². The molecule has 5 rings (SSSR count). The highest BCUT2D eigenvalue weighted by Crippen LogP contribution is 2.40. The molecule has 0 saturated carbocycles. The van der Waals surface area contributed by atoms with Gasteiger partial charge in [-0.1, -0.05) is 6.07 Å². The molecular formula is C22H16FN3O2S. The van der Waals surface area contributed by atoms with Crippen LogP contribution < -0.4 is 9.64 Å². The Balaban J connectivity index is 1.78. The van der Waals surface area contributed by atoms with Crippen LogP contribution in [-0.4, -0.2) is 29.5 Å². The molecule has 5 nitrogen and oxygen atoms in total. The lowest BCUT2D eigenvalue weighted by molar-refractivity contribution is -0.121. The van der Waals surface area contributed by atoms with Crippen LogP contribution in [0.4, 0.5) is 10.1 Å². The third-order valence-electron chi connectivity index (χ3n) is 5.11. The van der Waals surface area contributed by atoms with Gasteiger partial charge in [-0.25, -0.2) is 14.4 Å². The number of thiazole rings is 1. The van der Waals surface area contributed by atoms with Gasteiger partial charge in [0, 0.05) is 18.2 Å². The number of carbonyl (C=O) groups is 1. The minimum Gasteiger partial charge on any atom is -0.466 e. The monoisotopic (exact) mass is 405 g/mol. The number of ether oxygens (including phenoxy) is 1. The average Bonchev–Trinajstić information content (AvgIpc) is 3.20. The van der Waals surface area contributed by atoms with E-state index in [1.54, 1.807) is 42.3 Å². The lowest BCUT2D eigenvalue weighted by atomic mass is 9.97. The molecule has 0 fully saturated rings. The van der Waals surface area contributed by atoms with Crippen LogP contribution in [0, 0.1) is 12.7 Å². The third kappa shape index (κ3) is 2.94. The number of halogens is 1. The van der Waals surface area contributed by atoms with E-state index in [4.69, 9.17) is 9.72 Å². The van der Waals surface area contributed by atoms with E-state index >= 15 is 0 Å². The lowest BCUT2D eigenvalue weighted by Crippen LogP contribution is -2.35. The molecule has 2 aromatic heterocycles. The Hall–Kier alpha value is -3.32. The Kier molecular flexibility index (Phi) is 4.06. The van der Waals surface area contributed by atoms with Crippen molar-refractivity contribution < 1.29 is 13.9 Å². The fraction of sp³-hybridized carbons (Fsp3) is 0.136. The number of aryl methyl sites for hydroxylation is 1. The van der Waals surface area contributed by atoms with E-state index in [1.165, 1.54) is 6.07 Å². The van der Waals surface area contributed by atoms with Gasteiger partial charge in [-0.2, -0.15) is 0 Å². The van der Waals surface area contributed by atoms with Gasteiger partial charge in [-0.05, 0) is 54.4 Å². The molecule has 0 unspecified atom stereocenters. The molecule has 4 aromatic rings. The van der Waals surface area contributed by atoms with Gasteiger partial charge < -0.3 is 9.64 Å². The zero-order valence-corrected chi connectivity index (χ0v) is 16.6. The molecule has 3 heterocycles. The van der Waals surface area contributed by atoms with Gasteiger partial charge in [0.2, 0.25) is 5.88 Å². The molecule has 0 radical (unpaired) electrons. The van der Waals surface area contributed by atoms with Gasteiger partial charge in [-0.3, -0.25) is 4.79 Å². The number of anilines is 1. The fourth-order valence-electron chi connectivity index (χ4n) is 3.45. The minimum atomic E-state index is -0.263. The maximum Gasteiger partial charge on any atom is 0.264 e. The smallest absolute Gasteiger partial charge is 0.264 e. The number of carbonyl (C=O) groups excluding carboxylic acids is 1. The predicted molar refractivity (Wildman–Crippen MR) is 112 cm³/mol. The van der Waals surface area contributed by atoms with E-state index in [2.05, 4.69) is 11.1 Å². The molecule has 0 saturated heterocycles. The highest BCUT2D eigenvalue weighted by molar-refractivity contribution is 7.16. The summed E-state index contributed by atoms with van der Waals surface area (Å²) in [7, 11) is 1.71. The second-order valence-electron chi connectivity index (χ2n) is 6.95. The molecular weight excluding hydrogens is 389 g/mol. The number of benzene rings is 2. The van der Waals surface area contributed by atoms with Crippen molar-refractivity contribution in [2.75, 3.05) is 18.6 Å². The van der Waals surface area contributed by atoms with E-state index in [0.717, 1.165) is 26.9 Å². The molecule has 1 amide bonds. The van der Waals surface area contributed by atoms with Gasteiger partial charge in [0.25, 0.3) is 5.91 Å². The van der Waals surface area contributed by atoms with Crippen molar-refractivity contribution in [2.45, 2.75) is 6.92 Å². The first-order valence-corrected chi connectivity index (χ1v) is 9.94. The Morgan fingerprint density at radius 3 is 2.79 bits per heavy atom. The number of rotatable bonds is 2. The molecule has 0 spiro atoms. The van der Waals surface area contributed by atoms with Crippen molar-refractivity contribution >= 4 is 33.1 Å². The molecule has 0 atom stereocenters. The van der Waals surface area contributed by atoms with Crippen LogP contribution in [0.15, 0.2) is 48.0 Å². The summed E-state index contributed by atoms with van der Waals surface area (Å²) < 4.78 is 20.5. The summed E-state index contributed by atoms with van der Waals surface area (Å²) >= 11 is 1.56. The predicted octanol–water partition coefficient (Wildman–Crippen LogP) is 4.83. The molecule has 7 heteroatoms. The number of hydrogen-bond acceptors (Lipinski definition) is 5. The maximum absolute atomic E-state index is 13.8. The van der Waals surface area contributed by atoms with Gasteiger partial charge in [-0.15, -0.1) is 11.3 Å². The van der Waals surface area contributed by atoms with E-state index < -0.39 is 0 Å². The molecule has 1 aliphatic rings. The average molecular weight is 405 g/mol. The summed E-state index contributed by atoms with van der Waals surface area (Å²) in [6.45, 7) is 1.67. The standard InChI is InChI=1S/C22H16FN3O2S/c1-12-7-14(3-5-16(12)23)21-15(13-4-6-17-19(8-13)29-11-24-17)9-18-22(25-21)28-10-20(27)26(18)2/h3-9,11H,10H2,1-2H3. The number of nitrogens with zero attached hydrogens (tertiary/aromatic N) is 3. The van der Waals surface area contributed by atoms with E-state index in [9.17, 15) is 9.18 Å². The summed E-state index contributed by atoms with van der Waals surface area (Å²) in [4.78, 5) is 22.7. The highest BCUT2D eigenvalue weighted by atomic mass is 32.1. The first-order valence-electron chi connectivity index (χ1n) is 9.06. The summed E-state index contributed by atoms with van der Waals surface area (Å²) in [6, 6.07) is 12.8.